The second-order valence-electron chi connectivity index (χ2n) is 4.21. The van der Waals surface area contributed by atoms with Crippen LogP contribution in [0.5, 0.6) is 0 Å². The second-order valence-corrected chi connectivity index (χ2v) is 6.83. The Hall–Kier alpha value is -1.27. The first-order valence-corrected chi connectivity index (χ1v) is 8.01. The molecular weight excluding hydrogens is 289 g/mol. The quantitative estimate of drug-likeness (QED) is 0.599. The molecule has 1 aliphatic rings. The zero-order valence-electron chi connectivity index (χ0n) is 10.3. The van der Waals surface area contributed by atoms with Gasteiger partial charge >= 0.3 is 114 Å². The number of amides is 1. The molecule has 1 atom stereocenters. The van der Waals surface area contributed by atoms with E-state index in [2.05, 4.69) is 36.6 Å². The SMILES string of the molecule is C=C=CCCN1C(=O)CCC1[Se]c1ccccc1. The van der Waals surface area contributed by atoms with Crippen LogP contribution < -0.4 is 4.46 Å². The van der Waals surface area contributed by atoms with Gasteiger partial charge < -0.3 is 0 Å². The predicted octanol–water partition coefficient (Wildman–Crippen LogP) is 1.70. The Morgan fingerprint density at radius 1 is 1.44 bits per heavy atom. The Morgan fingerprint density at radius 3 is 2.94 bits per heavy atom. The van der Waals surface area contributed by atoms with Gasteiger partial charge in [-0.1, -0.05) is 0 Å². The van der Waals surface area contributed by atoms with E-state index in [0.717, 1.165) is 19.4 Å². The summed E-state index contributed by atoms with van der Waals surface area (Å²) < 4.78 is 1.37. The van der Waals surface area contributed by atoms with Crippen molar-refractivity contribution in [2.45, 2.75) is 24.2 Å². The van der Waals surface area contributed by atoms with E-state index in [-0.39, 0.29) is 0 Å². The molecular formula is C15H17NOSe. The number of carbonyl (C=O) groups excluding carboxylic acids is 1. The van der Waals surface area contributed by atoms with Crippen LogP contribution in [0.25, 0.3) is 0 Å². The third-order valence-electron chi connectivity index (χ3n) is 2.95. The van der Waals surface area contributed by atoms with Crippen LogP contribution in [0.15, 0.2) is 48.7 Å². The molecule has 1 aliphatic heterocycles. The van der Waals surface area contributed by atoms with E-state index in [1.165, 1.54) is 4.46 Å². The molecule has 0 radical (unpaired) electrons. The average molecular weight is 306 g/mol. The number of rotatable bonds is 5. The number of carbonyl (C=O) groups is 1. The zero-order valence-corrected chi connectivity index (χ0v) is 12.1. The summed E-state index contributed by atoms with van der Waals surface area (Å²) in [6.07, 6.45) is 4.47. The van der Waals surface area contributed by atoms with Gasteiger partial charge in [0.15, 0.2) is 0 Å². The summed E-state index contributed by atoms with van der Waals surface area (Å²) in [5, 5.41) is 0. The van der Waals surface area contributed by atoms with Crippen LogP contribution in [0.4, 0.5) is 0 Å². The molecule has 1 aromatic carbocycles. The number of hydrogen-bond donors (Lipinski definition) is 0. The van der Waals surface area contributed by atoms with Crippen LogP contribution in [0.3, 0.4) is 0 Å². The molecule has 1 saturated heterocycles. The first-order chi connectivity index (χ1) is 8.81. The number of likely N-dealkylation sites (tertiary alicyclic amines) is 1. The van der Waals surface area contributed by atoms with Crippen molar-refractivity contribution in [1.29, 1.82) is 0 Å². The fourth-order valence-electron chi connectivity index (χ4n) is 2.06. The molecule has 1 amide bonds. The molecule has 0 N–H and O–H groups in total. The molecule has 1 aromatic rings. The Kier molecular flexibility index (Phi) is 4.83. The summed E-state index contributed by atoms with van der Waals surface area (Å²) in [6.45, 7) is 4.36. The molecule has 2 rings (SSSR count). The summed E-state index contributed by atoms with van der Waals surface area (Å²) in [5.41, 5.74) is 2.76. The van der Waals surface area contributed by atoms with Crippen LogP contribution in [-0.4, -0.2) is 37.2 Å². The fraction of sp³-hybridized carbons (Fsp3) is 0.333. The van der Waals surface area contributed by atoms with Crippen molar-refractivity contribution in [3.8, 4) is 0 Å². The minimum atomic E-state index is 0.301. The molecule has 1 unspecified atom stereocenters. The van der Waals surface area contributed by atoms with Crippen LogP contribution in [0.2, 0.25) is 0 Å². The van der Waals surface area contributed by atoms with Crippen LogP contribution in [0, 0.1) is 0 Å². The van der Waals surface area contributed by atoms with E-state index in [1.807, 2.05) is 17.0 Å². The number of hydrogen-bond acceptors (Lipinski definition) is 1. The van der Waals surface area contributed by atoms with Crippen LogP contribution in [0.1, 0.15) is 19.3 Å². The van der Waals surface area contributed by atoms with Gasteiger partial charge in [-0.15, -0.1) is 0 Å². The second kappa shape index (κ2) is 6.61. The molecule has 0 spiro atoms. The van der Waals surface area contributed by atoms with E-state index >= 15 is 0 Å². The monoisotopic (exact) mass is 307 g/mol. The molecule has 0 saturated carbocycles. The predicted molar refractivity (Wildman–Crippen MR) is 74.9 cm³/mol. The topological polar surface area (TPSA) is 20.3 Å². The maximum absolute atomic E-state index is 11.9. The van der Waals surface area contributed by atoms with Gasteiger partial charge in [-0.25, -0.2) is 0 Å². The number of benzene rings is 1. The Balaban J connectivity index is 1.98. The van der Waals surface area contributed by atoms with Gasteiger partial charge in [0.1, 0.15) is 0 Å². The molecule has 0 bridgehead atoms. The van der Waals surface area contributed by atoms with Crippen molar-refractivity contribution in [2.75, 3.05) is 6.54 Å². The van der Waals surface area contributed by atoms with Crippen molar-refractivity contribution in [3.05, 3.63) is 48.7 Å². The molecule has 94 valence electrons. The first-order valence-electron chi connectivity index (χ1n) is 6.16. The average Bonchev–Trinajstić information content (AvgIpc) is 2.73. The molecule has 0 aromatic heterocycles. The van der Waals surface area contributed by atoms with E-state index in [4.69, 9.17) is 0 Å². The van der Waals surface area contributed by atoms with Crippen molar-refractivity contribution in [1.82, 2.24) is 4.90 Å². The summed E-state index contributed by atoms with van der Waals surface area (Å²) in [4.78, 5) is 14.3. The van der Waals surface area contributed by atoms with Crippen molar-refractivity contribution in [3.63, 3.8) is 0 Å². The van der Waals surface area contributed by atoms with Crippen molar-refractivity contribution >= 4 is 25.3 Å². The summed E-state index contributed by atoms with van der Waals surface area (Å²) in [5.74, 6) is 0.301. The van der Waals surface area contributed by atoms with Gasteiger partial charge in [0, 0.05) is 0 Å². The third-order valence-corrected chi connectivity index (χ3v) is 5.69. The zero-order chi connectivity index (χ0) is 12.8. The Morgan fingerprint density at radius 2 is 2.22 bits per heavy atom. The first kappa shape index (κ1) is 13.2. The van der Waals surface area contributed by atoms with E-state index < -0.39 is 0 Å². The van der Waals surface area contributed by atoms with E-state index in [9.17, 15) is 4.79 Å². The summed E-state index contributed by atoms with van der Waals surface area (Å²) in [6, 6.07) is 10.5. The molecule has 18 heavy (non-hydrogen) atoms. The van der Waals surface area contributed by atoms with Crippen molar-refractivity contribution in [2.24, 2.45) is 0 Å². The van der Waals surface area contributed by atoms with Gasteiger partial charge in [-0.3, -0.25) is 0 Å². The van der Waals surface area contributed by atoms with E-state index in [1.54, 1.807) is 0 Å². The maximum atomic E-state index is 11.9. The standard InChI is InChI=1S/C15H17NOSe/c1-2-3-7-12-16-14(17)10-11-15(16)18-13-8-5-4-6-9-13/h3-6,8-9,15H,1,7,10-12H2. The van der Waals surface area contributed by atoms with Gasteiger partial charge in [-0.2, -0.15) is 0 Å². The van der Waals surface area contributed by atoms with Gasteiger partial charge in [0.25, 0.3) is 0 Å². The molecule has 3 heteroatoms. The summed E-state index contributed by atoms with van der Waals surface area (Å²) in [7, 11) is 0. The molecule has 0 aliphatic carbocycles. The Labute approximate surface area is 115 Å². The molecule has 2 nitrogen and oxygen atoms in total. The van der Waals surface area contributed by atoms with Crippen molar-refractivity contribution < 1.29 is 4.79 Å². The minimum absolute atomic E-state index is 0.301. The van der Waals surface area contributed by atoms with Gasteiger partial charge in [0.2, 0.25) is 0 Å². The van der Waals surface area contributed by atoms with Gasteiger partial charge in [-0.05, 0) is 0 Å². The fourth-order valence-corrected chi connectivity index (χ4v) is 4.61. The molecule has 1 heterocycles. The molecule has 1 fully saturated rings. The number of nitrogens with zero attached hydrogens (tertiary/aromatic N) is 1. The van der Waals surface area contributed by atoms with E-state index in [0.29, 0.717) is 32.2 Å². The third kappa shape index (κ3) is 3.36. The van der Waals surface area contributed by atoms with Crippen LogP contribution in [-0.2, 0) is 4.79 Å². The van der Waals surface area contributed by atoms with Crippen LogP contribution >= 0.6 is 0 Å². The van der Waals surface area contributed by atoms with Gasteiger partial charge in [0.05, 0.1) is 0 Å². The summed E-state index contributed by atoms with van der Waals surface area (Å²) >= 11 is 0.352. The Bertz CT molecular complexity index is 451. The normalized spacial score (nSPS) is 18.8.